The number of anilines is 2. The first kappa shape index (κ1) is 21.0. The molecule has 0 radical (unpaired) electrons. The molecule has 9 heteroatoms. The molecule has 9 nitrogen and oxygen atoms in total. The van der Waals surface area contributed by atoms with Crippen LogP contribution in [0.2, 0.25) is 0 Å². The van der Waals surface area contributed by atoms with Gasteiger partial charge in [-0.2, -0.15) is 5.10 Å². The lowest BCUT2D eigenvalue weighted by atomic mass is 10.1. The highest BCUT2D eigenvalue weighted by atomic mass is 16.1. The molecule has 0 atom stereocenters. The van der Waals surface area contributed by atoms with Gasteiger partial charge in [0.2, 0.25) is 0 Å². The van der Waals surface area contributed by atoms with E-state index in [1.54, 1.807) is 16.9 Å². The van der Waals surface area contributed by atoms with Crippen molar-refractivity contribution in [3.8, 4) is 11.1 Å². The van der Waals surface area contributed by atoms with Crippen LogP contribution in [0.15, 0.2) is 55.0 Å². The molecule has 0 unspecified atom stereocenters. The molecule has 1 aliphatic rings. The van der Waals surface area contributed by atoms with E-state index in [4.69, 9.17) is 0 Å². The van der Waals surface area contributed by atoms with E-state index in [0.717, 1.165) is 60.4 Å². The number of rotatable bonds is 4. The van der Waals surface area contributed by atoms with Crippen LogP contribution in [0.5, 0.6) is 0 Å². The quantitative estimate of drug-likeness (QED) is 0.520. The second-order valence-electron chi connectivity index (χ2n) is 8.41. The van der Waals surface area contributed by atoms with Gasteiger partial charge in [-0.05, 0) is 55.9 Å². The molecule has 0 spiro atoms. The van der Waals surface area contributed by atoms with Gasteiger partial charge in [0.25, 0.3) is 5.91 Å². The zero-order valence-electron chi connectivity index (χ0n) is 18.8. The third kappa shape index (κ3) is 4.68. The van der Waals surface area contributed by atoms with Crippen LogP contribution in [0.1, 0.15) is 16.8 Å². The van der Waals surface area contributed by atoms with Crippen molar-refractivity contribution in [3.63, 3.8) is 0 Å². The van der Waals surface area contributed by atoms with Crippen LogP contribution in [-0.2, 0) is 7.05 Å². The maximum absolute atomic E-state index is 13.0. The Morgan fingerprint density at radius 3 is 2.73 bits per heavy atom. The second kappa shape index (κ2) is 8.95. The zero-order chi connectivity index (χ0) is 22.8. The highest BCUT2D eigenvalue weighted by Gasteiger charge is 2.16. The largest absolute Gasteiger partial charge is 0.355 e. The molecule has 4 heterocycles. The first-order valence-corrected chi connectivity index (χ1v) is 11.0. The summed E-state index contributed by atoms with van der Waals surface area (Å²) < 4.78 is 1.77. The fraction of sp³-hybridized carbons (Fsp3) is 0.292. The van der Waals surface area contributed by atoms with Gasteiger partial charge in [-0.3, -0.25) is 9.48 Å². The lowest BCUT2D eigenvalue weighted by Crippen LogP contribution is -2.29. The van der Waals surface area contributed by atoms with E-state index in [1.165, 1.54) is 0 Å². The van der Waals surface area contributed by atoms with Crippen molar-refractivity contribution >= 4 is 28.4 Å². The predicted octanol–water partition coefficient (Wildman–Crippen LogP) is 2.82. The first-order chi connectivity index (χ1) is 16.0. The van der Waals surface area contributed by atoms with Crippen LogP contribution in [-0.4, -0.2) is 69.0 Å². The van der Waals surface area contributed by atoms with Crippen molar-refractivity contribution in [3.05, 3.63) is 60.6 Å². The Labute approximate surface area is 192 Å². The number of nitrogens with zero attached hydrogens (tertiary/aromatic N) is 7. The van der Waals surface area contributed by atoms with E-state index in [-0.39, 0.29) is 5.91 Å². The lowest BCUT2D eigenvalue weighted by Gasteiger charge is -2.21. The molecular formula is C24H26N8O. The van der Waals surface area contributed by atoms with E-state index >= 15 is 0 Å². The number of carbonyl (C=O) groups is 1. The van der Waals surface area contributed by atoms with Crippen molar-refractivity contribution in [1.29, 1.82) is 0 Å². The Kier molecular flexibility index (Phi) is 5.70. The monoisotopic (exact) mass is 442 g/mol. The highest BCUT2D eigenvalue weighted by molar-refractivity contribution is 6.04. The summed E-state index contributed by atoms with van der Waals surface area (Å²) in [5.74, 6) is 0.997. The first-order valence-electron chi connectivity index (χ1n) is 11.0. The summed E-state index contributed by atoms with van der Waals surface area (Å²) in [5.41, 5.74) is 3.36. The Balaban J connectivity index is 1.35. The number of nitrogens with one attached hydrogen (secondary N) is 1. The van der Waals surface area contributed by atoms with Crippen LogP contribution < -0.4 is 10.2 Å². The summed E-state index contributed by atoms with van der Waals surface area (Å²) in [5, 5.41) is 16.5. The van der Waals surface area contributed by atoms with E-state index < -0.39 is 0 Å². The van der Waals surface area contributed by atoms with Crippen molar-refractivity contribution < 1.29 is 4.79 Å². The SMILES string of the molecule is CN1CCCN(c2cc(C(=O)Nc3cc4cc(-c5cnn(C)c5)ccc4nn3)ccn2)CC1. The van der Waals surface area contributed by atoms with Crippen LogP contribution in [0.4, 0.5) is 11.6 Å². The standard InChI is InChI=1S/C24H26N8O/c1-30-8-3-9-32(11-10-30)23-14-18(6-7-25-23)24(33)27-22-13-19-12-17(4-5-21(19)28-29-22)20-15-26-31(2)16-20/h4-7,12-16H,3,8-11H2,1-2H3,(H,27,29,33). The minimum absolute atomic E-state index is 0.234. The number of amides is 1. The maximum Gasteiger partial charge on any atom is 0.257 e. The van der Waals surface area contributed by atoms with E-state index in [9.17, 15) is 4.79 Å². The summed E-state index contributed by atoms with van der Waals surface area (Å²) in [7, 11) is 4.02. The smallest absolute Gasteiger partial charge is 0.257 e. The zero-order valence-corrected chi connectivity index (χ0v) is 18.8. The molecule has 1 fully saturated rings. The van der Waals surface area contributed by atoms with Gasteiger partial charge in [0, 0.05) is 55.6 Å². The van der Waals surface area contributed by atoms with Gasteiger partial charge < -0.3 is 15.1 Å². The van der Waals surface area contributed by atoms with E-state index in [0.29, 0.717) is 11.4 Å². The van der Waals surface area contributed by atoms with Crippen molar-refractivity contribution in [2.75, 3.05) is 43.4 Å². The number of benzene rings is 1. The van der Waals surface area contributed by atoms with Gasteiger partial charge in [-0.25, -0.2) is 4.98 Å². The topological polar surface area (TPSA) is 92.1 Å². The predicted molar refractivity (Wildman–Crippen MR) is 128 cm³/mol. The number of likely N-dealkylation sites (N-methyl/N-ethyl adjacent to an activating group) is 1. The summed E-state index contributed by atoms with van der Waals surface area (Å²) in [6.07, 6.45) is 6.54. The molecule has 0 aliphatic carbocycles. The van der Waals surface area contributed by atoms with E-state index in [2.05, 4.69) is 42.4 Å². The third-order valence-electron chi connectivity index (χ3n) is 5.92. The molecule has 168 valence electrons. The molecule has 1 aromatic carbocycles. The molecule has 0 saturated carbocycles. The minimum Gasteiger partial charge on any atom is -0.355 e. The molecule has 1 saturated heterocycles. The summed E-state index contributed by atoms with van der Waals surface area (Å²) >= 11 is 0. The molecule has 0 bridgehead atoms. The maximum atomic E-state index is 13.0. The average Bonchev–Trinajstić information content (AvgIpc) is 3.15. The molecule has 4 aromatic rings. The number of fused-ring (bicyclic) bond motifs is 1. The minimum atomic E-state index is -0.234. The number of pyridine rings is 1. The number of carbonyl (C=O) groups excluding carboxylic acids is 1. The lowest BCUT2D eigenvalue weighted by molar-refractivity contribution is 0.102. The van der Waals surface area contributed by atoms with Crippen molar-refractivity contribution in [1.82, 2.24) is 29.9 Å². The Hall–Kier alpha value is -3.85. The van der Waals surface area contributed by atoms with Gasteiger partial charge in [0.1, 0.15) is 5.82 Å². The van der Waals surface area contributed by atoms with Crippen LogP contribution in [0, 0.1) is 0 Å². The number of hydrogen-bond donors (Lipinski definition) is 1. The van der Waals surface area contributed by atoms with Crippen molar-refractivity contribution in [2.24, 2.45) is 7.05 Å². The second-order valence-corrected chi connectivity index (χ2v) is 8.41. The van der Waals surface area contributed by atoms with Crippen LogP contribution in [0.25, 0.3) is 22.0 Å². The Bertz CT molecular complexity index is 1300. The number of aryl methyl sites for hydroxylation is 1. The van der Waals surface area contributed by atoms with Gasteiger partial charge in [0.05, 0.1) is 11.7 Å². The molecule has 3 aromatic heterocycles. The molecule has 1 amide bonds. The van der Waals surface area contributed by atoms with Gasteiger partial charge in [-0.1, -0.05) is 6.07 Å². The fourth-order valence-electron chi connectivity index (χ4n) is 4.05. The molecule has 33 heavy (non-hydrogen) atoms. The van der Waals surface area contributed by atoms with Gasteiger partial charge in [0.15, 0.2) is 5.82 Å². The normalized spacial score (nSPS) is 14.9. The van der Waals surface area contributed by atoms with Gasteiger partial charge >= 0.3 is 0 Å². The third-order valence-corrected chi connectivity index (χ3v) is 5.92. The molecular weight excluding hydrogens is 416 g/mol. The summed E-state index contributed by atoms with van der Waals surface area (Å²) in [6.45, 7) is 3.87. The van der Waals surface area contributed by atoms with Crippen LogP contribution >= 0.6 is 0 Å². The molecule has 1 aliphatic heterocycles. The van der Waals surface area contributed by atoms with Gasteiger partial charge in [-0.15, -0.1) is 10.2 Å². The number of aromatic nitrogens is 5. The highest BCUT2D eigenvalue weighted by Crippen LogP contribution is 2.24. The molecule has 1 N–H and O–H groups in total. The summed E-state index contributed by atoms with van der Waals surface area (Å²) in [6, 6.07) is 11.3. The number of hydrogen-bond acceptors (Lipinski definition) is 7. The van der Waals surface area contributed by atoms with Crippen LogP contribution in [0.3, 0.4) is 0 Å². The average molecular weight is 443 g/mol. The molecule has 5 rings (SSSR count). The Morgan fingerprint density at radius 1 is 0.970 bits per heavy atom. The fourth-order valence-corrected chi connectivity index (χ4v) is 4.05. The summed E-state index contributed by atoms with van der Waals surface area (Å²) in [4.78, 5) is 22.0. The Morgan fingerprint density at radius 2 is 1.88 bits per heavy atom. The van der Waals surface area contributed by atoms with E-state index in [1.807, 2.05) is 49.8 Å². The van der Waals surface area contributed by atoms with Crippen molar-refractivity contribution in [2.45, 2.75) is 6.42 Å².